The van der Waals surface area contributed by atoms with Gasteiger partial charge in [0.1, 0.15) is 0 Å². The molecule has 31 heavy (non-hydrogen) atoms. The van der Waals surface area contributed by atoms with E-state index in [1.165, 1.54) is 52.7 Å². The first-order valence-corrected chi connectivity index (χ1v) is 12.4. The van der Waals surface area contributed by atoms with Gasteiger partial charge in [0.25, 0.3) is 0 Å². The molecule has 0 unspecified atom stereocenters. The standard InChI is InChI=1S/C31H50/c1-9-27(5)17-12-19-29(7)20-13-21-30(8)23-15-25-31(10-2)24-14-22-28(6)18-11-16-26(3)4/h10,15-17,20,22-23H,8-9,11-14,18-19,21,24-25H2,1-7H3/b23-15+,27-17+,28-22+,29-20+,31-10-. The van der Waals surface area contributed by atoms with Gasteiger partial charge in [-0.1, -0.05) is 89.5 Å². The second kappa shape index (κ2) is 18.9. The van der Waals surface area contributed by atoms with Gasteiger partial charge in [-0.2, -0.15) is 0 Å². The van der Waals surface area contributed by atoms with Gasteiger partial charge in [0.05, 0.1) is 0 Å². The predicted molar refractivity (Wildman–Crippen MR) is 145 cm³/mol. The van der Waals surface area contributed by atoms with E-state index in [1.807, 2.05) is 0 Å². The van der Waals surface area contributed by atoms with Crippen LogP contribution in [0.25, 0.3) is 0 Å². The van der Waals surface area contributed by atoms with Gasteiger partial charge in [-0.25, -0.2) is 0 Å². The van der Waals surface area contributed by atoms with Crippen LogP contribution < -0.4 is 0 Å². The van der Waals surface area contributed by atoms with Gasteiger partial charge in [0.15, 0.2) is 0 Å². The summed E-state index contributed by atoms with van der Waals surface area (Å²) in [5, 5.41) is 0. The maximum absolute atomic E-state index is 4.24. The van der Waals surface area contributed by atoms with Crippen molar-refractivity contribution in [3.63, 3.8) is 0 Å². The van der Waals surface area contributed by atoms with Gasteiger partial charge in [0, 0.05) is 0 Å². The molecule has 0 aromatic carbocycles. The summed E-state index contributed by atoms with van der Waals surface area (Å²) in [6.45, 7) is 19.7. The predicted octanol–water partition coefficient (Wildman–Crippen LogP) is 10.8. The Balaban J connectivity index is 4.19. The van der Waals surface area contributed by atoms with E-state index < -0.39 is 0 Å². The van der Waals surface area contributed by atoms with E-state index in [0.717, 1.165) is 44.9 Å². The normalized spacial score (nSPS) is 13.8. The van der Waals surface area contributed by atoms with E-state index in [9.17, 15) is 0 Å². The van der Waals surface area contributed by atoms with Crippen molar-refractivity contribution in [3.05, 3.63) is 82.5 Å². The van der Waals surface area contributed by atoms with Crippen LogP contribution in [0.1, 0.15) is 113 Å². The number of hydrogen-bond acceptors (Lipinski definition) is 0. The molecular weight excluding hydrogens is 372 g/mol. The van der Waals surface area contributed by atoms with Crippen molar-refractivity contribution < 1.29 is 0 Å². The lowest BCUT2D eigenvalue weighted by Crippen LogP contribution is -1.84. The number of rotatable bonds is 16. The van der Waals surface area contributed by atoms with Gasteiger partial charge in [-0.15, -0.1) is 0 Å². The fourth-order valence-electron chi connectivity index (χ4n) is 3.32. The Kier molecular flexibility index (Phi) is 17.8. The average Bonchev–Trinajstić information content (AvgIpc) is 2.72. The first-order valence-electron chi connectivity index (χ1n) is 12.4. The average molecular weight is 423 g/mol. The number of allylic oxidation sites excluding steroid dienone is 13. The zero-order valence-electron chi connectivity index (χ0n) is 21.8. The van der Waals surface area contributed by atoms with Gasteiger partial charge < -0.3 is 0 Å². The van der Waals surface area contributed by atoms with Crippen LogP contribution in [0.3, 0.4) is 0 Å². The van der Waals surface area contributed by atoms with Crippen LogP contribution in [-0.2, 0) is 0 Å². The first-order chi connectivity index (χ1) is 14.8. The topological polar surface area (TPSA) is 0 Å². The summed E-state index contributed by atoms with van der Waals surface area (Å²) in [5.41, 5.74) is 8.67. The van der Waals surface area contributed by atoms with Crippen molar-refractivity contribution in [2.45, 2.75) is 113 Å². The Bertz CT molecular complexity index is 682. The summed E-state index contributed by atoms with van der Waals surface area (Å²) in [4.78, 5) is 0. The van der Waals surface area contributed by atoms with Gasteiger partial charge in [0.2, 0.25) is 0 Å². The Labute approximate surface area is 195 Å². The highest BCUT2D eigenvalue weighted by atomic mass is 14.0. The smallest absolute Gasteiger partial charge is 0.0136 e. The molecule has 0 aliphatic heterocycles. The third kappa shape index (κ3) is 18.7. The lowest BCUT2D eigenvalue weighted by molar-refractivity contribution is 0.899. The highest BCUT2D eigenvalue weighted by molar-refractivity contribution is 5.19. The van der Waals surface area contributed by atoms with Crippen LogP contribution >= 0.6 is 0 Å². The Morgan fingerprint density at radius 1 is 0.677 bits per heavy atom. The molecule has 0 amide bonds. The van der Waals surface area contributed by atoms with E-state index in [4.69, 9.17) is 0 Å². The fourth-order valence-corrected chi connectivity index (χ4v) is 3.32. The Morgan fingerprint density at radius 2 is 1.19 bits per heavy atom. The molecule has 0 N–H and O–H groups in total. The fraction of sp³-hybridized carbons (Fsp3) is 0.548. The van der Waals surface area contributed by atoms with Crippen LogP contribution in [-0.4, -0.2) is 0 Å². The third-order valence-corrected chi connectivity index (χ3v) is 5.74. The molecule has 0 aliphatic rings. The third-order valence-electron chi connectivity index (χ3n) is 5.74. The van der Waals surface area contributed by atoms with Crippen LogP contribution in [0.5, 0.6) is 0 Å². The molecule has 0 bridgehead atoms. The molecule has 0 saturated heterocycles. The largest absolute Gasteiger partial charge is 0.0958 e. The van der Waals surface area contributed by atoms with Crippen molar-refractivity contribution in [1.29, 1.82) is 0 Å². The van der Waals surface area contributed by atoms with Crippen molar-refractivity contribution in [1.82, 2.24) is 0 Å². The first kappa shape index (κ1) is 29.2. The lowest BCUT2D eigenvalue weighted by Gasteiger charge is -2.04. The van der Waals surface area contributed by atoms with Gasteiger partial charge in [-0.05, 0) is 106 Å². The summed E-state index contributed by atoms with van der Waals surface area (Å²) in [5.74, 6) is 0. The minimum Gasteiger partial charge on any atom is -0.0958 e. The van der Waals surface area contributed by atoms with E-state index in [-0.39, 0.29) is 0 Å². The van der Waals surface area contributed by atoms with Crippen molar-refractivity contribution >= 4 is 0 Å². The molecule has 0 saturated carbocycles. The van der Waals surface area contributed by atoms with Crippen LogP contribution in [0.4, 0.5) is 0 Å². The molecule has 0 atom stereocenters. The van der Waals surface area contributed by atoms with E-state index in [0.29, 0.717) is 0 Å². The van der Waals surface area contributed by atoms with Crippen LogP contribution in [0, 0.1) is 0 Å². The van der Waals surface area contributed by atoms with Crippen molar-refractivity contribution in [2.75, 3.05) is 0 Å². The van der Waals surface area contributed by atoms with E-state index >= 15 is 0 Å². The quantitative estimate of drug-likeness (QED) is 0.171. The summed E-state index contributed by atoms with van der Waals surface area (Å²) < 4.78 is 0. The zero-order chi connectivity index (χ0) is 23.5. The Morgan fingerprint density at radius 3 is 1.74 bits per heavy atom. The molecule has 0 spiro atoms. The maximum Gasteiger partial charge on any atom is -0.0136 e. The monoisotopic (exact) mass is 422 g/mol. The molecule has 0 fully saturated rings. The molecular formula is C31H50. The van der Waals surface area contributed by atoms with Crippen LogP contribution in [0.2, 0.25) is 0 Å². The van der Waals surface area contributed by atoms with E-state index in [1.54, 1.807) is 0 Å². The zero-order valence-corrected chi connectivity index (χ0v) is 21.8. The molecule has 0 rings (SSSR count). The summed E-state index contributed by atoms with van der Waals surface area (Å²) >= 11 is 0. The molecule has 0 nitrogen and oxygen atoms in total. The SMILES string of the molecule is C=C(/C=C/C/C(=C\C)CC/C=C(\C)CCC=C(C)C)CC/C=C(\C)CC/C=C(\C)CC. The second-order valence-corrected chi connectivity index (χ2v) is 9.15. The summed E-state index contributed by atoms with van der Waals surface area (Å²) in [7, 11) is 0. The van der Waals surface area contributed by atoms with Crippen molar-refractivity contribution in [2.24, 2.45) is 0 Å². The molecule has 0 aliphatic carbocycles. The minimum absolute atomic E-state index is 1.04. The Hall–Kier alpha value is -1.82. The molecule has 0 heterocycles. The molecule has 174 valence electrons. The van der Waals surface area contributed by atoms with Crippen molar-refractivity contribution in [3.8, 4) is 0 Å². The molecule has 0 radical (unpaired) electrons. The van der Waals surface area contributed by atoms with Gasteiger partial charge in [-0.3, -0.25) is 0 Å². The summed E-state index contributed by atoms with van der Waals surface area (Å²) in [6.07, 6.45) is 27.6. The molecule has 0 aromatic heterocycles. The molecule has 0 aromatic rings. The second-order valence-electron chi connectivity index (χ2n) is 9.15. The highest BCUT2D eigenvalue weighted by Crippen LogP contribution is 2.16. The molecule has 0 heteroatoms. The highest BCUT2D eigenvalue weighted by Gasteiger charge is 1.96. The lowest BCUT2D eigenvalue weighted by atomic mass is 10.0. The van der Waals surface area contributed by atoms with Gasteiger partial charge >= 0.3 is 0 Å². The minimum atomic E-state index is 1.04. The van der Waals surface area contributed by atoms with E-state index in [2.05, 4.69) is 97.6 Å². The maximum atomic E-state index is 4.24. The van der Waals surface area contributed by atoms with Crippen LogP contribution in [0.15, 0.2) is 82.5 Å². The summed E-state index contributed by atoms with van der Waals surface area (Å²) in [6, 6.07) is 0. The number of hydrogen-bond donors (Lipinski definition) is 0.